The van der Waals surface area contributed by atoms with Crippen molar-refractivity contribution in [3.63, 3.8) is 0 Å². The van der Waals surface area contributed by atoms with Gasteiger partial charge in [-0.2, -0.15) is 0 Å². The van der Waals surface area contributed by atoms with Gasteiger partial charge in [0.15, 0.2) is 0 Å². The van der Waals surface area contributed by atoms with Gasteiger partial charge in [-0.15, -0.1) is 0 Å². The van der Waals surface area contributed by atoms with E-state index in [1.165, 1.54) is 11.3 Å². The van der Waals surface area contributed by atoms with Gasteiger partial charge in [-0.25, -0.2) is 4.79 Å². The first-order chi connectivity index (χ1) is 12.3. The number of para-hydroxylation sites is 1. The molecule has 25 heavy (non-hydrogen) atoms. The zero-order valence-corrected chi connectivity index (χ0v) is 14.4. The lowest BCUT2D eigenvalue weighted by Gasteiger charge is -2.34. The highest BCUT2D eigenvalue weighted by Crippen LogP contribution is 2.40. The Bertz CT molecular complexity index is 724. The number of likely N-dealkylation sites (tertiary alicyclic amines) is 1. The predicted octanol–water partition coefficient (Wildman–Crippen LogP) is 4.24. The molecule has 0 spiro atoms. The Morgan fingerprint density at radius 3 is 2.56 bits per heavy atom. The van der Waals surface area contributed by atoms with Crippen LogP contribution >= 0.6 is 0 Å². The fourth-order valence-corrected chi connectivity index (χ4v) is 4.03. The van der Waals surface area contributed by atoms with Crippen LogP contribution in [0.15, 0.2) is 54.6 Å². The third-order valence-corrected chi connectivity index (χ3v) is 5.44. The minimum Gasteiger partial charge on any atom is -0.445 e. The number of nitrogens with zero attached hydrogens (tertiary/aromatic N) is 1. The monoisotopic (exact) mass is 336 g/mol. The molecule has 1 atom stereocenters. The average Bonchev–Trinajstić information content (AvgIpc) is 3.11. The molecule has 0 radical (unpaired) electrons. The summed E-state index contributed by atoms with van der Waals surface area (Å²) in [6, 6.07) is 18.4. The summed E-state index contributed by atoms with van der Waals surface area (Å²) in [6.07, 6.45) is 1.90. The second kappa shape index (κ2) is 7.18. The lowest BCUT2D eigenvalue weighted by molar-refractivity contribution is 0.0802. The Hall–Kier alpha value is -2.49. The van der Waals surface area contributed by atoms with Crippen molar-refractivity contribution < 1.29 is 9.53 Å². The topological polar surface area (TPSA) is 41.6 Å². The molecule has 2 aromatic rings. The second-order valence-corrected chi connectivity index (χ2v) is 6.94. The van der Waals surface area contributed by atoms with Crippen molar-refractivity contribution in [2.45, 2.75) is 25.4 Å². The molecule has 2 aromatic carbocycles. The van der Waals surface area contributed by atoms with Crippen LogP contribution in [0.2, 0.25) is 0 Å². The maximum absolute atomic E-state index is 12.3. The molecule has 0 saturated carbocycles. The number of anilines is 1. The Morgan fingerprint density at radius 1 is 1.04 bits per heavy atom. The smallest absolute Gasteiger partial charge is 0.410 e. The second-order valence-electron chi connectivity index (χ2n) is 6.94. The van der Waals surface area contributed by atoms with Crippen molar-refractivity contribution in [3.05, 3.63) is 65.7 Å². The van der Waals surface area contributed by atoms with Gasteiger partial charge in [-0.1, -0.05) is 48.5 Å². The van der Waals surface area contributed by atoms with Gasteiger partial charge in [0, 0.05) is 31.2 Å². The zero-order valence-electron chi connectivity index (χ0n) is 14.4. The van der Waals surface area contributed by atoms with Gasteiger partial charge in [0.25, 0.3) is 0 Å². The predicted molar refractivity (Wildman–Crippen MR) is 98.6 cm³/mol. The van der Waals surface area contributed by atoms with E-state index >= 15 is 0 Å². The number of hydrogen-bond acceptors (Lipinski definition) is 3. The summed E-state index contributed by atoms with van der Waals surface area (Å²) in [4.78, 5) is 14.1. The van der Waals surface area contributed by atoms with Gasteiger partial charge in [-0.3, -0.25) is 0 Å². The maximum Gasteiger partial charge on any atom is 0.410 e. The summed E-state index contributed by atoms with van der Waals surface area (Å²) >= 11 is 0. The van der Waals surface area contributed by atoms with Crippen LogP contribution in [0, 0.1) is 5.92 Å². The van der Waals surface area contributed by atoms with Crippen LogP contribution in [-0.4, -0.2) is 30.6 Å². The number of ether oxygens (including phenoxy) is 1. The molecule has 0 bridgehead atoms. The summed E-state index contributed by atoms with van der Waals surface area (Å²) < 4.78 is 5.46. The number of carbonyl (C=O) groups excluding carboxylic acids is 1. The molecule has 1 saturated heterocycles. The maximum atomic E-state index is 12.3. The Kier molecular flexibility index (Phi) is 4.59. The van der Waals surface area contributed by atoms with E-state index in [2.05, 4.69) is 29.6 Å². The van der Waals surface area contributed by atoms with Crippen molar-refractivity contribution in [2.24, 2.45) is 5.92 Å². The van der Waals surface area contributed by atoms with Gasteiger partial charge >= 0.3 is 6.09 Å². The quantitative estimate of drug-likeness (QED) is 0.911. The lowest BCUT2D eigenvalue weighted by Crippen LogP contribution is -2.40. The highest BCUT2D eigenvalue weighted by Gasteiger charge is 2.33. The molecule has 1 unspecified atom stereocenters. The van der Waals surface area contributed by atoms with E-state index in [1.54, 1.807) is 0 Å². The third-order valence-electron chi connectivity index (χ3n) is 5.44. The Morgan fingerprint density at radius 2 is 1.76 bits per heavy atom. The van der Waals surface area contributed by atoms with Gasteiger partial charge < -0.3 is 15.0 Å². The first-order valence-electron chi connectivity index (χ1n) is 9.09. The van der Waals surface area contributed by atoms with E-state index < -0.39 is 0 Å². The van der Waals surface area contributed by atoms with Crippen LogP contribution in [-0.2, 0) is 11.3 Å². The van der Waals surface area contributed by atoms with E-state index in [-0.39, 0.29) is 6.09 Å². The molecular formula is C21H24N2O2. The van der Waals surface area contributed by atoms with Crippen LogP contribution in [0.4, 0.5) is 10.5 Å². The SMILES string of the molecule is O=C(OCc1ccccc1)N1CCC(C2CNc3ccccc32)CC1. The van der Waals surface area contributed by atoms with E-state index in [9.17, 15) is 4.79 Å². The molecule has 4 nitrogen and oxygen atoms in total. The molecule has 2 heterocycles. The van der Waals surface area contributed by atoms with Gasteiger partial charge in [0.2, 0.25) is 0 Å². The van der Waals surface area contributed by atoms with E-state index in [0.29, 0.717) is 18.4 Å². The van der Waals surface area contributed by atoms with Crippen LogP contribution in [0.25, 0.3) is 0 Å². The average molecular weight is 336 g/mol. The number of carbonyl (C=O) groups is 1. The number of rotatable bonds is 3. The molecule has 1 fully saturated rings. The molecule has 2 aliphatic rings. The van der Waals surface area contributed by atoms with E-state index in [0.717, 1.165) is 38.0 Å². The lowest BCUT2D eigenvalue weighted by atomic mass is 9.81. The molecule has 130 valence electrons. The number of fused-ring (bicyclic) bond motifs is 1. The van der Waals surface area contributed by atoms with Crippen molar-refractivity contribution in [3.8, 4) is 0 Å². The number of hydrogen-bond donors (Lipinski definition) is 1. The van der Waals surface area contributed by atoms with Crippen LogP contribution in [0.5, 0.6) is 0 Å². The van der Waals surface area contributed by atoms with Crippen LogP contribution < -0.4 is 5.32 Å². The zero-order chi connectivity index (χ0) is 17.1. The standard InChI is InChI=1S/C21H24N2O2/c24-21(25-15-16-6-2-1-3-7-16)23-12-10-17(11-13-23)19-14-22-20-9-5-4-8-18(19)20/h1-9,17,19,22H,10-15H2. The minimum absolute atomic E-state index is 0.188. The largest absolute Gasteiger partial charge is 0.445 e. The normalized spacial score (nSPS) is 20.0. The molecule has 1 N–H and O–H groups in total. The molecule has 1 amide bonds. The van der Waals surface area contributed by atoms with E-state index in [1.807, 2.05) is 35.2 Å². The third kappa shape index (κ3) is 3.48. The number of nitrogens with one attached hydrogen (secondary N) is 1. The molecular weight excluding hydrogens is 312 g/mol. The van der Waals surface area contributed by atoms with Gasteiger partial charge in [0.1, 0.15) is 6.61 Å². The Labute approximate surface area is 148 Å². The first kappa shape index (κ1) is 16.0. The van der Waals surface area contributed by atoms with E-state index in [4.69, 9.17) is 4.74 Å². The summed E-state index contributed by atoms with van der Waals surface area (Å²) in [7, 11) is 0. The Balaban J connectivity index is 1.29. The highest BCUT2D eigenvalue weighted by atomic mass is 16.6. The van der Waals surface area contributed by atoms with Crippen molar-refractivity contribution in [2.75, 3.05) is 25.0 Å². The van der Waals surface area contributed by atoms with Crippen molar-refractivity contribution in [1.29, 1.82) is 0 Å². The molecule has 4 rings (SSSR count). The number of amides is 1. The summed E-state index contributed by atoms with van der Waals surface area (Å²) in [5, 5.41) is 3.51. The van der Waals surface area contributed by atoms with Crippen LogP contribution in [0.1, 0.15) is 29.9 Å². The highest BCUT2D eigenvalue weighted by molar-refractivity contribution is 5.67. The number of piperidine rings is 1. The number of benzene rings is 2. The molecule has 0 aliphatic carbocycles. The van der Waals surface area contributed by atoms with Gasteiger partial charge in [-0.05, 0) is 36.0 Å². The molecule has 2 aliphatic heterocycles. The fraction of sp³-hybridized carbons (Fsp3) is 0.381. The van der Waals surface area contributed by atoms with Crippen molar-refractivity contribution >= 4 is 11.8 Å². The van der Waals surface area contributed by atoms with Crippen molar-refractivity contribution in [1.82, 2.24) is 4.90 Å². The minimum atomic E-state index is -0.188. The molecule has 0 aromatic heterocycles. The fourth-order valence-electron chi connectivity index (χ4n) is 4.03. The first-order valence-corrected chi connectivity index (χ1v) is 9.09. The van der Waals surface area contributed by atoms with Gasteiger partial charge in [0.05, 0.1) is 0 Å². The van der Waals surface area contributed by atoms with Crippen LogP contribution in [0.3, 0.4) is 0 Å². The summed E-state index contributed by atoms with van der Waals surface area (Å²) in [6.45, 7) is 2.94. The molecule has 4 heteroatoms. The summed E-state index contributed by atoms with van der Waals surface area (Å²) in [5.74, 6) is 1.20. The summed E-state index contributed by atoms with van der Waals surface area (Å²) in [5.41, 5.74) is 3.74.